The largest absolute Gasteiger partial charge is 0.325 e. The lowest BCUT2D eigenvalue weighted by molar-refractivity contribution is -0.123. The van der Waals surface area contributed by atoms with Gasteiger partial charge in [0.05, 0.1) is 28.2 Å². The summed E-state index contributed by atoms with van der Waals surface area (Å²) in [4.78, 5) is 38.0. The number of carbonyl (C=O) groups excluding carboxylic acids is 3. The van der Waals surface area contributed by atoms with E-state index in [-0.39, 0.29) is 41.4 Å². The number of halogens is 1. The molecule has 23 heavy (non-hydrogen) atoms. The Morgan fingerprint density at radius 2 is 1.78 bits per heavy atom. The van der Waals surface area contributed by atoms with Crippen molar-refractivity contribution in [3.05, 3.63) is 35.4 Å². The average Bonchev–Trinajstić information content (AvgIpc) is 3.16. The first-order valence-electron chi connectivity index (χ1n) is 7.60. The molecule has 6 heteroatoms. The number of nitrogens with one attached hydrogen (secondary N) is 1. The van der Waals surface area contributed by atoms with E-state index >= 15 is 0 Å². The number of imide groups is 1. The van der Waals surface area contributed by atoms with Crippen molar-refractivity contribution < 1.29 is 14.4 Å². The number of benzene rings is 1. The second-order valence-electron chi connectivity index (χ2n) is 6.36. The van der Waals surface area contributed by atoms with Crippen molar-refractivity contribution >= 4 is 40.7 Å². The molecule has 0 spiro atoms. The van der Waals surface area contributed by atoms with Gasteiger partial charge in [-0.25, -0.2) is 4.90 Å². The molecular weight excluding hydrogens is 316 g/mol. The van der Waals surface area contributed by atoms with E-state index in [1.54, 1.807) is 18.2 Å². The van der Waals surface area contributed by atoms with Gasteiger partial charge in [0, 0.05) is 6.92 Å². The first kappa shape index (κ1) is 14.5. The molecule has 2 fully saturated rings. The van der Waals surface area contributed by atoms with Crippen molar-refractivity contribution in [2.24, 2.45) is 23.7 Å². The van der Waals surface area contributed by atoms with Crippen molar-refractivity contribution in [2.45, 2.75) is 13.3 Å². The summed E-state index contributed by atoms with van der Waals surface area (Å²) in [6.07, 6.45) is 5.02. The Hall–Kier alpha value is -2.14. The highest BCUT2D eigenvalue weighted by atomic mass is 35.5. The second kappa shape index (κ2) is 4.93. The predicted molar refractivity (Wildman–Crippen MR) is 86.0 cm³/mol. The minimum Gasteiger partial charge on any atom is -0.325 e. The highest BCUT2D eigenvalue weighted by Gasteiger charge is 2.59. The predicted octanol–water partition coefficient (Wildman–Crippen LogP) is 2.61. The van der Waals surface area contributed by atoms with Gasteiger partial charge < -0.3 is 5.32 Å². The third kappa shape index (κ3) is 2.03. The number of hydrogen-bond donors (Lipinski definition) is 1. The summed E-state index contributed by atoms with van der Waals surface area (Å²) in [5, 5.41) is 2.98. The first-order valence-corrected chi connectivity index (χ1v) is 7.98. The van der Waals surface area contributed by atoms with Crippen LogP contribution in [0.4, 0.5) is 11.4 Å². The van der Waals surface area contributed by atoms with Crippen molar-refractivity contribution in [3.8, 4) is 0 Å². The number of hydrogen-bond acceptors (Lipinski definition) is 3. The summed E-state index contributed by atoms with van der Waals surface area (Å²) in [7, 11) is 0. The lowest BCUT2D eigenvalue weighted by atomic mass is 9.85. The number of anilines is 2. The monoisotopic (exact) mass is 330 g/mol. The summed E-state index contributed by atoms with van der Waals surface area (Å²) < 4.78 is 0. The van der Waals surface area contributed by atoms with E-state index in [9.17, 15) is 14.4 Å². The van der Waals surface area contributed by atoms with Crippen LogP contribution in [0.3, 0.4) is 0 Å². The third-order valence-corrected chi connectivity index (χ3v) is 5.32. The Kier molecular flexibility index (Phi) is 3.10. The fourth-order valence-electron chi connectivity index (χ4n) is 4.09. The SMILES string of the molecule is CC(=O)Nc1cc(N2C(=O)[C@@H]3[C@@H](C2=O)[C@H]2C=C[C@@H]3C2)ccc1Cl. The van der Waals surface area contributed by atoms with Gasteiger partial charge in [0.2, 0.25) is 17.7 Å². The van der Waals surface area contributed by atoms with Crippen LogP contribution in [0.25, 0.3) is 0 Å². The topological polar surface area (TPSA) is 66.5 Å². The molecule has 2 aliphatic carbocycles. The Bertz CT molecular complexity index is 743. The molecule has 1 aromatic carbocycles. The van der Waals surface area contributed by atoms with Gasteiger partial charge in [0.25, 0.3) is 0 Å². The Morgan fingerprint density at radius 1 is 1.17 bits per heavy atom. The van der Waals surface area contributed by atoms with Crippen molar-refractivity contribution in [2.75, 3.05) is 10.2 Å². The number of allylic oxidation sites excluding steroid dienone is 2. The minimum absolute atomic E-state index is 0.145. The van der Waals surface area contributed by atoms with E-state index in [4.69, 9.17) is 11.6 Å². The molecule has 3 amide bonds. The second-order valence-corrected chi connectivity index (χ2v) is 6.76. The number of nitrogens with zero attached hydrogens (tertiary/aromatic N) is 1. The van der Waals surface area contributed by atoms with Crippen molar-refractivity contribution in [1.29, 1.82) is 0 Å². The van der Waals surface area contributed by atoms with Gasteiger partial charge >= 0.3 is 0 Å². The van der Waals surface area contributed by atoms with Crippen LogP contribution in [0.5, 0.6) is 0 Å². The Labute approximate surface area is 138 Å². The van der Waals surface area contributed by atoms with Gasteiger partial charge in [0.15, 0.2) is 0 Å². The quantitative estimate of drug-likeness (QED) is 0.669. The molecule has 4 rings (SSSR count). The molecule has 1 aromatic rings. The molecular formula is C17H15ClN2O3. The lowest BCUT2D eigenvalue weighted by Gasteiger charge is -2.18. The molecule has 4 atom stereocenters. The van der Waals surface area contributed by atoms with E-state index in [2.05, 4.69) is 17.5 Å². The maximum Gasteiger partial charge on any atom is 0.238 e. The minimum atomic E-state index is -0.262. The third-order valence-electron chi connectivity index (χ3n) is 4.99. The standard InChI is InChI=1S/C17H15ClN2O3/c1-8(21)19-13-7-11(4-5-12(13)18)20-16(22)14-9-2-3-10(6-9)15(14)17(20)23/h2-5,7,9-10,14-15H,6H2,1H3,(H,19,21)/t9-,10+,14-,15-/m0/s1. The van der Waals surface area contributed by atoms with Crippen LogP contribution in [-0.2, 0) is 14.4 Å². The zero-order valence-electron chi connectivity index (χ0n) is 12.5. The summed E-state index contributed by atoms with van der Waals surface area (Å²) in [5.41, 5.74) is 0.859. The zero-order valence-corrected chi connectivity index (χ0v) is 13.2. The normalized spacial score (nSPS) is 31.0. The van der Waals surface area contributed by atoms with Crippen LogP contribution in [0, 0.1) is 23.7 Å². The summed E-state index contributed by atoms with van der Waals surface area (Å²) in [6.45, 7) is 1.38. The molecule has 0 unspecified atom stereocenters. The van der Waals surface area contributed by atoms with Crippen molar-refractivity contribution in [3.63, 3.8) is 0 Å². The number of rotatable bonds is 2. The van der Waals surface area contributed by atoms with Crippen LogP contribution in [-0.4, -0.2) is 17.7 Å². The van der Waals surface area contributed by atoms with Gasteiger partial charge in [-0.2, -0.15) is 0 Å². The molecule has 1 N–H and O–H groups in total. The number of carbonyl (C=O) groups is 3. The smallest absolute Gasteiger partial charge is 0.238 e. The van der Waals surface area contributed by atoms with Crippen LogP contribution < -0.4 is 10.2 Å². The summed E-state index contributed by atoms with van der Waals surface area (Å²) in [6, 6.07) is 4.80. The van der Waals surface area contributed by atoms with Crippen LogP contribution in [0.1, 0.15) is 13.3 Å². The fourth-order valence-corrected chi connectivity index (χ4v) is 4.26. The fraction of sp³-hybridized carbons (Fsp3) is 0.353. The Morgan fingerprint density at radius 3 is 2.35 bits per heavy atom. The maximum atomic E-state index is 12.8. The highest BCUT2D eigenvalue weighted by molar-refractivity contribution is 6.34. The van der Waals surface area contributed by atoms with Gasteiger partial charge in [0.1, 0.15) is 0 Å². The van der Waals surface area contributed by atoms with E-state index in [1.807, 2.05) is 0 Å². The molecule has 118 valence electrons. The average molecular weight is 331 g/mol. The molecule has 0 radical (unpaired) electrons. The van der Waals surface area contributed by atoms with Gasteiger partial charge in [-0.05, 0) is 36.5 Å². The highest BCUT2D eigenvalue weighted by Crippen LogP contribution is 2.53. The van der Waals surface area contributed by atoms with Crippen molar-refractivity contribution in [1.82, 2.24) is 0 Å². The first-order chi connectivity index (χ1) is 11.0. The molecule has 0 aromatic heterocycles. The van der Waals surface area contributed by atoms with E-state index in [1.165, 1.54) is 11.8 Å². The molecule has 2 bridgehead atoms. The molecule has 3 aliphatic rings. The maximum absolute atomic E-state index is 12.8. The van der Waals surface area contributed by atoms with E-state index < -0.39 is 0 Å². The van der Waals surface area contributed by atoms with Crippen LogP contribution >= 0.6 is 11.6 Å². The molecule has 1 saturated heterocycles. The molecule has 1 heterocycles. The molecule has 1 saturated carbocycles. The Balaban J connectivity index is 1.70. The zero-order chi connectivity index (χ0) is 16.3. The summed E-state index contributed by atoms with van der Waals surface area (Å²) >= 11 is 6.06. The molecule has 5 nitrogen and oxygen atoms in total. The molecule has 1 aliphatic heterocycles. The number of fused-ring (bicyclic) bond motifs is 5. The van der Waals surface area contributed by atoms with Gasteiger partial charge in [-0.3, -0.25) is 14.4 Å². The lowest BCUT2D eigenvalue weighted by Crippen LogP contribution is -2.32. The van der Waals surface area contributed by atoms with E-state index in [0.29, 0.717) is 16.4 Å². The van der Waals surface area contributed by atoms with E-state index in [0.717, 1.165) is 6.42 Å². The van der Waals surface area contributed by atoms with Gasteiger partial charge in [-0.15, -0.1) is 0 Å². The summed E-state index contributed by atoms with van der Waals surface area (Å²) in [5.74, 6) is -0.681. The van der Waals surface area contributed by atoms with Gasteiger partial charge in [-0.1, -0.05) is 23.8 Å². The van der Waals surface area contributed by atoms with Crippen LogP contribution in [0.15, 0.2) is 30.4 Å². The number of amides is 3. The van der Waals surface area contributed by atoms with Crippen LogP contribution in [0.2, 0.25) is 5.02 Å².